The number of nitrogens with zero attached hydrogens (tertiary/aromatic N) is 2. The number of hydrogen-bond donors (Lipinski definition) is 0. The maximum Gasteiger partial charge on any atom is 0.414 e. The van der Waals surface area contributed by atoms with Gasteiger partial charge in [0.2, 0.25) is 0 Å². The van der Waals surface area contributed by atoms with Crippen molar-refractivity contribution in [1.29, 1.82) is 0 Å². The van der Waals surface area contributed by atoms with Crippen LogP contribution in [0, 0.1) is 11.8 Å². The summed E-state index contributed by atoms with van der Waals surface area (Å²) in [6.07, 6.45) is 3.99. The molecule has 0 radical (unpaired) electrons. The third-order valence-corrected chi connectivity index (χ3v) is 7.61. The highest BCUT2D eigenvalue weighted by atomic mass is 35.5. The second-order valence-electron chi connectivity index (χ2n) is 9.88. The van der Waals surface area contributed by atoms with Gasteiger partial charge in [0.15, 0.2) is 0 Å². The number of piperidine rings is 1. The Bertz CT molecular complexity index is 982. The van der Waals surface area contributed by atoms with Gasteiger partial charge >= 0.3 is 6.09 Å². The van der Waals surface area contributed by atoms with Gasteiger partial charge in [-0.3, -0.25) is 9.69 Å². The Balaban J connectivity index is 1.39. The van der Waals surface area contributed by atoms with Gasteiger partial charge in [0, 0.05) is 29.4 Å². The molecule has 182 valence electrons. The van der Waals surface area contributed by atoms with Crippen molar-refractivity contribution in [3.63, 3.8) is 0 Å². The molecule has 0 N–H and O–H groups in total. The molecule has 0 aromatic heterocycles. The van der Waals surface area contributed by atoms with Gasteiger partial charge in [-0.05, 0) is 79.0 Å². The summed E-state index contributed by atoms with van der Waals surface area (Å²) in [6, 6.07) is 15.7. The van der Waals surface area contributed by atoms with Crippen molar-refractivity contribution >= 4 is 29.3 Å². The molecule has 0 saturated carbocycles. The number of hydrogen-bond acceptors (Lipinski definition) is 3. The summed E-state index contributed by atoms with van der Waals surface area (Å²) in [4.78, 5) is 29.1. The Morgan fingerprint density at radius 2 is 1.71 bits per heavy atom. The Morgan fingerprint density at radius 3 is 2.29 bits per heavy atom. The fraction of sp³-hybridized carbons (Fsp3) is 0.500. The van der Waals surface area contributed by atoms with Crippen LogP contribution in [-0.4, -0.2) is 42.6 Å². The van der Waals surface area contributed by atoms with Crippen molar-refractivity contribution in [2.75, 3.05) is 24.6 Å². The van der Waals surface area contributed by atoms with E-state index in [-0.39, 0.29) is 18.0 Å². The molecule has 2 amide bonds. The topological polar surface area (TPSA) is 49.9 Å². The first-order chi connectivity index (χ1) is 16.4. The van der Waals surface area contributed by atoms with E-state index >= 15 is 0 Å². The lowest BCUT2D eigenvalue weighted by Crippen LogP contribution is -2.40. The first-order valence-corrected chi connectivity index (χ1v) is 12.9. The Morgan fingerprint density at radius 1 is 1.06 bits per heavy atom. The predicted molar refractivity (Wildman–Crippen MR) is 137 cm³/mol. The van der Waals surface area contributed by atoms with E-state index in [0.717, 1.165) is 49.5 Å². The number of benzene rings is 2. The molecule has 6 heteroatoms. The average Bonchev–Trinajstić information content (AvgIpc) is 3.25. The maximum atomic E-state index is 13.2. The van der Waals surface area contributed by atoms with E-state index in [4.69, 9.17) is 16.3 Å². The van der Waals surface area contributed by atoms with Crippen molar-refractivity contribution in [2.45, 2.75) is 58.4 Å². The zero-order chi connectivity index (χ0) is 24.2. The number of likely N-dealkylation sites (tertiary alicyclic amines) is 1. The van der Waals surface area contributed by atoms with Crippen LogP contribution in [0.3, 0.4) is 0 Å². The van der Waals surface area contributed by atoms with Crippen LogP contribution in [0.1, 0.15) is 68.3 Å². The Kier molecular flexibility index (Phi) is 7.82. The molecule has 2 atom stereocenters. The number of anilines is 1. The van der Waals surface area contributed by atoms with Crippen molar-refractivity contribution < 1.29 is 14.3 Å². The van der Waals surface area contributed by atoms with Gasteiger partial charge in [0.25, 0.3) is 5.91 Å². The lowest BCUT2D eigenvalue weighted by Gasteiger charge is -2.36. The van der Waals surface area contributed by atoms with Crippen LogP contribution in [-0.2, 0) is 4.74 Å². The highest BCUT2D eigenvalue weighted by molar-refractivity contribution is 6.30. The summed E-state index contributed by atoms with van der Waals surface area (Å²) in [5.41, 5.74) is 2.80. The number of amides is 2. The van der Waals surface area contributed by atoms with Crippen LogP contribution in [0.15, 0.2) is 48.5 Å². The minimum absolute atomic E-state index is 0.0183. The van der Waals surface area contributed by atoms with Crippen LogP contribution < -0.4 is 4.90 Å². The molecule has 5 nitrogen and oxygen atoms in total. The van der Waals surface area contributed by atoms with E-state index in [0.29, 0.717) is 29.9 Å². The summed E-state index contributed by atoms with van der Waals surface area (Å²) in [5, 5.41) is 0.770. The molecule has 2 aromatic rings. The maximum absolute atomic E-state index is 13.2. The first-order valence-electron chi connectivity index (χ1n) is 12.5. The number of ether oxygens (including phenoxy) is 1. The van der Waals surface area contributed by atoms with Crippen LogP contribution in [0.4, 0.5) is 10.5 Å². The van der Waals surface area contributed by atoms with Crippen molar-refractivity contribution in [3.05, 3.63) is 64.7 Å². The zero-order valence-electron chi connectivity index (χ0n) is 20.4. The Hall–Kier alpha value is -2.53. The largest absolute Gasteiger partial charge is 0.447 e. The molecule has 2 aliphatic rings. The number of carbonyl (C=O) groups excluding carboxylic acids is 2. The molecule has 2 saturated heterocycles. The van der Waals surface area contributed by atoms with E-state index in [1.54, 1.807) is 4.90 Å². The summed E-state index contributed by atoms with van der Waals surface area (Å²) in [6.45, 7) is 8.34. The van der Waals surface area contributed by atoms with Gasteiger partial charge in [-0.25, -0.2) is 4.79 Å². The van der Waals surface area contributed by atoms with Gasteiger partial charge in [0.1, 0.15) is 6.61 Å². The molecule has 0 bridgehead atoms. The predicted octanol–water partition coefficient (Wildman–Crippen LogP) is 6.76. The van der Waals surface area contributed by atoms with Crippen molar-refractivity contribution in [2.24, 2.45) is 11.8 Å². The monoisotopic (exact) mass is 482 g/mol. The van der Waals surface area contributed by atoms with Gasteiger partial charge < -0.3 is 9.64 Å². The molecule has 34 heavy (non-hydrogen) atoms. The molecule has 2 heterocycles. The quantitative estimate of drug-likeness (QED) is 0.438. The highest BCUT2D eigenvalue weighted by Gasteiger charge is 2.36. The number of carbonyl (C=O) groups is 2. The van der Waals surface area contributed by atoms with Gasteiger partial charge in [-0.2, -0.15) is 0 Å². The molecule has 2 aliphatic heterocycles. The summed E-state index contributed by atoms with van der Waals surface area (Å²) in [7, 11) is 0. The molecule has 1 unspecified atom stereocenters. The fourth-order valence-electron chi connectivity index (χ4n) is 5.37. The number of cyclic esters (lactones) is 1. The average molecular weight is 483 g/mol. The zero-order valence-corrected chi connectivity index (χ0v) is 21.1. The van der Waals surface area contributed by atoms with E-state index in [1.807, 2.05) is 41.3 Å². The third kappa shape index (κ3) is 5.25. The number of rotatable bonds is 7. The fourth-order valence-corrected chi connectivity index (χ4v) is 5.50. The standard InChI is InChI=1S/C28H35ClN2O3/c1-4-5-25(20-6-10-23(29)11-7-20)21-14-16-30(17-15-21)27(32)22-8-12-24(13-9-22)31-26(19(2)3)18-34-28(31)33/h6-13,19,21,25-26H,4-5,14-18H2,1-3H3/t25?,26-/m0/s1. The minimum Gasteiger partial charge on any atom is -0.447 e. The second-order valence-corrected chi connectivity index (χ2v) is 10.3. The van der Waals surface area contributed by atoms with E-state index in [1.165, 1.54) is 5.56 Å². The smallest absolute Gasteiger partial charge is 0.414 e. The van der Waals surface area contributed by atoms with Crippen LogP contribution in [0.5, 0.6) is 0 Å². The molecule has 0 aliphatic carbocycles. The lowest BCUT2D eigenvalue weighted by atomic mass is 9.77. The van der Waals surface area contributed by atoms with Crippen LogP contribution >= 0.6 is 11.6 Å². The minimum atomic E-state index is -0.317. The summed E-state index contributed by atoms with van der Waals surface area (Å²) >= 11 is 6.10. The summed E-state index contributed by atoms with van der Waals surface area (Å²) < 4.78 is 5.26. The van der Waals surface area contributed by atoms with Crippen LogP contribution in [0.2, 0.25) is 5.02 Å². The SMILES string of the molecule is CCCC(c1ccc(Cl)cc1)C1CCN(C(=O)c2ccc(N3C(=O)OC[C@H]3C(C)C)cc2)CC1. The molecular formula is C28H35ClN2O3. The van der Waals surface area contributed by atoms with E-state index < -0.39 is 0 Å². The normalized spacial score (nSPS) is 20.0. The van der Waals surface area contributed by atoms with E-state index in [2.05, 4.69) is 32.9 Å². The molecular weight excluding hydrogens is 448 g/mol. The Labute approximate surface area is 208 Å². The van der Waals surface area contributed by atoms with Gasteiger partial charge in [0.05, 0.1) is 6.04 Å². The molecule has 4 rings (SSSR count). The lowest BCUT2D eigenvalue weighted by molar-refractivity contribution is 0.0675. The van der Waals surface area contributed by atoms with E-state index in [9.17, 15) is 9.59 Å². The number of halogens is 1. The third-order valence-electron chi connectivity index (χ3n) is 7.36. The molecule has 2 aromatic carbocycles. The van der Waals surface area contributed by atoms with Crippen molar-refractivity contribution in [3.8, 4) is 0 Å². The molecule has 0 spiro atoms. The first kappa shape index (κ1) is 24.6. The van der Waals surface area contributed by atoms with Crippen LogP contribution in [0.25, 0.3) is 0 Å². The van der Waals surface area contributed by atoms with Crippen molar-refractivity contribution in [1.82, 2.24) is 4.90 Å². The van der Waals surface area contributed by atoms with Gasteiger partial charge in [-0.1, -0.05) is 50.9 Å². The highest BCUT2D eigenvalue weighted by Crippen LogP contribution is 2.37. The van der Waals surface area contributed by atoms with Gasteiger partial charge in [-0.15, -0.1) is 0 Å². The summed E-state index contributed by atoms with van der Waals surface area (Å²) in [5.74, 6) is 1.43. The molecule has 2 fully saturated rings. The second kappa shape index (κ2) is 10.8.